The van der Waals surface area contributed by atoms with Gasteiger partial charge in [0.25, 0.3) is 5.91 Å². The van der Waals surface area contributed by atoms with Gasteiger partial charge in [-0.2, -0.15) is 0 Å². The Labute approximate surface area is 167 Å². The van der Waals surface area contributed by atoms with E-state index in [1.807, 2.05) is 45.0 Å². The van der Waals surface area contributed by atoms with Crippen molar-refractivity contribution in [1.29, 1.82) is 0 Å². The molecule has 0 spiro atoms. The van der Waals surface area contributed by atoms with Crippen molar-refractivity contribution < 1.29 is 14.3 Å². The number of esters is 1. The monoisotopic (exact) mass is 388 g/mol. The van der Waals surface area contributed by atoms with E-state index in [-0.39, 0.29) is 29.8 Å². The lowest BCUT2D eigenvalue weighted by atomic mass is 9.99. The minimum atomic E-state index is -0.175. The quantitative estimate of drug-likeness (QED) is 0.443. The van der Waals surface area contributed by atoms with Gasteiger partial charge in [-0.1, -0.05) is 26.0 Å². The molecule has 2 rings (SSSR count). The van der Waals surface area contributed by atoms with Crippen LogP contribution >= 0.6 is 0 Å². The van der Waals surface area contributed by atoms with Crippen molar-refractivity contribution in [2.75, 3.05) is 27.2 Å². The largest absolute Gasteiger partial charge is 0.469 e. The van der Waals surface area contributed by atoms with Crippen LogP contribution in [0, 0.1) is 11.8 Å². The molecule has 3 unspecified atom stereocenters. The Balaban J connectivity index is 1.98. The summed E-state index contributed by atoms with van der Waals surface area (Å²) in [5.41, 5.74) is 1.64. The maximum absolute atomic E-state index is 12.3. The molecule has 3 atom stereocenters. The van der Waals surface area contributed by atoms with Crippen LogP contribution in [0.15, 0.2) is 29.3 Å². The Kier molecular flexibility index (Phi) is 7.84. The van der Waals surface area contributed by atoms with Crippen LogP contribution in [0.3, 0.4) is 0 Å². The number of carbonyl (C=O) groups is 2. The Morgan fingerprint density at radius 1 is 1.36 bits per heavy atom. The number of ether oxygens (including phenoxy) is 1. The number of aliphatic imine (C=N–C) groups is 1. The van der Waals surface area contributed by atoms with E-state index >= 15 is 0 Å². The van der Waals surface area contributed by atoms with E-state index in [1.165, 1.54) is 7.11 Å². The van der Waals surface area contributed by atoms with Crippen LogP contribution in [0.25, 0.3) is 0 Å². The van der Waals surface area contributed by atoms with Gasteiger partial charge in [-0.3, -0.25) is 14.6 Å². The summed E-state index contributed by atoms with van der Waals surface area (Å²) in [5.74, 6) is 0.572. The molecule has 0 radical (unpaired) electrons. The molecule has 1 fully saturated rings. The smallest absolute Gasteiger partial charge is 0.310 e. The first-order valence-corrected chi connectivity index (χ1v) is 9.82. The molecule has 1 saturated heterocycles. The van der Waals surface area contributed by atoms with Crippen LogP contribution < -0.4 is 10.6 Å². The van der Waals surface area contributed by atoms with Gasteiger partial charge in [-0.15, -0.1) is 0 Å². The van der Waals surface area contributed by atoms with Crippen LogP contribution in [0.1, 0.15) is 43.1 Å². The van der Waals surface area contributed by atoms with Gasteiger partial charge in [-0.05, 0) is 37.0 Å². The van der Waals surface area contributed by atoms with Crippen molar-refractivity contribution in [2.24, 2.45) is 16.8 Å². The van der Waals surface area contributed by atoms with E-state index in [9.17, 15) is 9.59 Å². The lowest BCUT2D eigenvalue weighted by Gasteiger charge is -2.21. The highest BCUT2D eigenvalue weighted by Crippen LogP contribution is 2.24. The Morgan fingerprint density at radius 3 is 2.75 bits per heavy atom. The summed E-state index contributed by atoms with van der Waals surface area (Å²) in [6.07, 6.45) is 0.893. The van der Waals surface area contributed by atoms with E-state index in [0.717, 1.165) is 24.5 Å². The lowest BCUT2D eigenvalue weighted by Crippen LogP contribution is -2.40. The fourth-order valence-electron chi connectivity index (χ4n) is 3.34. The Bertz CT molecular complexity index is 719. The molecule has 7 nitrogen and oxygen atoms in total. The first kappa shape index (κ1) is 21.7. The van der Waals surface area contributed by atoms with Gasteiger partial charge in [-0.25, -0.2) is 0 Å². The zero-order valence-corrected chi connectivity index (χ0v) is 17.5. The van der Waals surface area contributed by atoms with Crippen molar-refractivity contribution in [3.05, 3.63) is 35.4 Å². The molecule has 0 bridgehead atoms. The number of nitrogens with zero attached hydrogens (tertiary/aromatic N) is 2. The molecule has 7 heteroatoms. The van der Waals surface area contributed by atoms with Crippen molar-refractivity contribution in [3.8, 4) is 0 Å². The molecule has 28 heavy (non-hydrogen) atoms. The summed E-state index contributed by atoms with van der Waals surface area (Å²) in [4.78, 5) is 30.7. The average Bonchev–Trinajstić information content (AvgIpc) is 3.09. The lowest BCUT2D eigenvalue weighted by molar-refractivity contribution is -0.145. The molecule has 154 valence electrons. The van der Waals surface area contributed by atoms with E-state index in [4.69, 9.17) is 4.74 Å². The molecule has 1 amide bonds. The molecule has 1 aliphatic heterocycles. The summed E-state index contributed by atoms with van der Waals surface area (Å²) < 4.78 is 4.90. The number of hydrogen-bond donors (Lipinski definition) is 2. The predicted molar refractivity (Wildman–Crippen MR) is 110 cm³/mol. The number of amides is 1. The van der Waals surface area contributed by atoms with E-state index in [2.05, 4.69) is 20.5 Å². The number of guanidine groups is 1. The SMILES string of the molecule is CCC(C)NC(=O)c1cccc(CNC(=NC)N2CC(C)C(C(=O)OC)C2)c1. The maximum atomic E-state index is 12.3. The number of likely N-dealkylation sites (tertiary alicyclic amines) is 1. The van der Waals surface area contributed by atoms with E-state index in [0.29, 0.717) is 18.7 Å². The van der Waals surface area contributed by atoms with Gasteiger partial charge in [0.2, 0.25) is 0 Å². The number of hydrogen-bond acceptors (Lipinski definition) is 4. The third kappa shape index (κ3) is 5.47. The van der Waals surface area contributed by atoms with Crippen molar-refractivity contribution >= 4 is 17.8 Å². The molecular formula is C21H32N4O3. The molecule has 0 aromatic heterocycles. The van der Waals surface area contributed by atoms with Crippen LogP contribution in [0.2, 0.25) is 0 Å². The summed E-state index contributed by atoms with van der Waals surface area (Å²) in [6.45, 7) is 7.97. The van der Waals surface area contributed by atoms with Gasteiger partial charge >= 0.3 is 5.97 Å². The van der Waals surface area contributed by atoms with Crippen molar-refractivity contribution in [3.63, 3.8) is 0 Å². The maximum Gasteiger partial charge on any atom is 0.310 e. The first-order chi connectivity index (χ1) is 13.4. The number of methoxy groups -OCH3 is 1. The zero-order chi connectivity index (χ0) is 20.7. The minimum Gasteiger partial charge on any atom is -0.469 e. The molecule has 0 saturated carbocycles. The molecular weight excluding hydrogens is 356 g/mol. The normalized spacial score (nSPS) is 20.6. The number of benzene rings is 1. The highest BCUT2D eigenvalue weighted by molar-refractivity contribution is 5.94. The highest BCUT2D eigenvalue weighted by atomic mass is 16.5. The average molecular weight is 389 g/mol. The topological polar surface area (TPSA) is 83.0 Å². The van der Waals surface area contributed by atoms with Crippen LogP contribution in [0.4, 0.5) is 0 Å². The van der Waals surface area contributed by atoms with E-state index < -0.39 is 0 Å². The van der Waals surface area contributed by atoms with Gasteiger partial charge in [0.15, 0.2) is 5.96 Å². The number of nitrogens with one attached hydrogen (secondary N) is 2. The molecule has 1 aliphatic rings. The third-order valence-corrected chi connectivity index (χ3v) is 5.26. The fraction of sp³-hybridized carbons (Fsp3) is 0.571. The fourth-order valence-corrected chi connectivity index (χ4v) is 3.34. The second kappa shape index (κ2) is 10.1. The minimum absolute atomic E-state index is 0.0603. The van der Waals surface area contributed by atoms with Crippen molar-refractivity contribution in [1.82, 2.24) is 15.5 Å². The van der Waals surface area contributed by atoms with Crippen LogP contribution in [0.5, 0.6) is 0 Å². The van der Waals surface area contributed by atoms with Gasteiger partial charge in [0, 0.05) is 38.3 Å². The Morgan fingerprint density at radius 2 is 2.11 bits per heavy atom. The molecule has 1 aromatic rings. The summed E-state index contributed by atoms with van der Waals surface area (Å²) in [6, 6.07) is 7.72. The third-order valence-electron chi connectivity index (χ3n) is 5.26. The first-order valence-electron chi connectivity index (χ1n) is 9.82. The van der Waals surface area contributed by atoms with Gasteiger partial charge in [0.05, 0.1) is 13.0 Å². The Hall–Kier alpha value is -2.57. The molecule has 1 aromatic carbocycles. The molecule has 0 aliphatic carbocycles. The van der Waals surface area contributed by atoms with Crippen molar-refractivity contribution in [2.45, 2.75) is 39.8 Å². The summed E-state index contributed by atoms with van der Waals surface area (Å²) in [7, 11) is 3.16. The molecule has 1 heterocycles. The second-order valence-corrected chi connectivity index (χ2v) is 7.40. The summed E-state index contributed by atoms with van der Waals surface area (Å²) in [5, 5.41) is 6.32. The van der Waals surface area contributed by atoms with Gasteiger partial charge < -0.3 is 20.3 Å². The number of carbonyl (C=O) groups excluding carboxylic acids is 2. The van der Waals surface area contributed by atoms with Crippen LogP contribution in [-0.2, 0) is 16.1 Å². The predicted octanol–water partition coefficient (Wildman–Crippen LogP) is 2.03. The summed E-state index contributed by atoms with van der Waals surface area (Å²) >= 11 is 0. The standard InChI is InChI=1S/C21H32N4O3/c1-6-15(3)24-19(26)17-9-7-8-16(10-17)11-23-21(22-4)25-12-14(2)18(13-25)20(27)28-5/h7-10,14-15,18H,6,11-13H2,1-5H3,(H,22,23)(H,24,26). The van der Waals surface area contributed by atoms with Crippen LogP contribution in [-0.4, -0.2) is 56.0 Å². The van der Waals surface area contributed by atoms with Gasteiger partial charge in [0.1, 0.15) is 0 Å². The molecule has 2 N–H and O–H groups in total. The van der Waals surface area contributed by atoms with E-state index in [1.54, 1.807) is 7.05 Å². The second-order valence-electron chi connectivity index (χ2n) is 7.40. The zero-order valence-electron chi connectivity index (χ0n) is 17.5. The highest BCUT2D eigenvalue weighted by Gasteiger charge is 2.36. The number of rotatable bonds is 6.